The molecule has 0 aliphatic heterocycles. The van der Waals surface area contributed by atoms with Gasteiger partial charge in [0.2, 0.25) is 11.8 Å². The molecule has 144 valence electrons. The summed E-state index contributed by atoms with van der Waals surface area (Å²) in [6, 6.07) is 5.73. The van der Waals surface area contributed by atoms with Crippen LogP contribution in [0.2, 0.25) is 0 Å². The van der Waals surface area contributed by atoms with E-state index >= 15 is 0 Å². The van der Waals surface area contributed by atoms with Gasteiger partial charge in [0.25, 0.3) is 0 Å². The average molecular weight is 365 g/mol. The molecule has 1 aromatic rings. The topological polar surface area (TPSA) is 142 Å². The summed E-state index contributed by atoms with van der Waals surface area (Å²) in [6.07, 6.45) is 0.711. The third kappa shape index (κ3) is 6.45. The normalized spacial score (nSPS) is 15.4. The van der Waals surface area contributed by atoms with Crippen molar-refractivity contribution in [1.29, 1.82) is 0 Å². The first kappa shape index (κ1) is 21.6. The molecule has 1 aromatic carbocycles. The second-order valence-electron chi connectivity index (χ2n) is 6.25. The second kappa shape index (κ2) is 10.5. The van der Waals surface area contributed by atoms with Crippen LogP contribution in [0.4, 0.5) is 0 Å². The number of aliphatic hydroxyl groups excluding tert-OH is 1. The largest absolute Gasteiger partial charge is 0.480 e. The molecule has 0 radical (unpaired) electrons. The van der Waals surface area contributed by atoms with Gasteiger partial charge >= 0.3 is 5.97 Å². The minimum Gasteiger partial charge on any atom is -0.480 e. The highest BCUT2D eigenvalue weighted by molar-refractivity contribution is 5.92. The van der Waals surface area contributed by atoms with Gasteiger partial charge in [0.1, 0.15) is 18.1 Å². The SMILES string of the molecule is CC[C@H](C)[C@H](NC(=O)[C@@H](N)CO)C(=O)N[C@@H](Cc1ccccc1)C(=O)O. The molecule has 6 N–H and O–H groups in total. The maximum atomic E-state index is 12.6. The minimum atomic E-state index is -1.16. The molecule has 8 heteroatoms. The number of carboxylic acids is 1. The highest BCUT2D eigenvalue weighted by atomic mass is 16.4. The first-order valence-electron chi connectivity index (χ1n) is 8.54. The molecule has 0 spiro atoms. The Morgan fingerprint density at radius 1 is 1.12 bits per heavy atom. The Kier molecular flexibility index (Phi) is 8.74. The Bertz CT molecular complexity index is 608. The molecule has 4 atom stereocenters. The molecule has 8 nitrogen and oxygen atoms in total. The van der Waals surface area contributed by atoms with E-state index in [-0.39, 0.29) is 12.3 Å². The Morgan fingerprint density at radius 3 is 2.23 bits per heavy atom. The van der Waals surface area contributed by atoms with E-state index in [1.807, 2.05) is 13.0 Å². The van der Waals surface area contributed by atoms with E-state index in [0.29, 0.717) is 6.42 Å². The summed E-state index contributed by atoms with van der Waals surface area (Å²) in [5, 5.41) is 23.4. The number of rotatable bonds is 10. The van der Waals surface area contributed by atoms with E-state index in [4.69, 9.17) is 10.8 Å². The number of aliphatic carboxylic acids is 1. The number of carbonyl (C=O) groups is 3. The Labute approximate surface area is 152 Å². The van der Waals surface area contributed by atoms with Crippen LogP contribution in [0.1, 0.15) is 25.8 Å². The van der Waals surface area contributed by atoms with Crippen molar-refractivity contribution in [2.75, 3.05) is 6.61 Å². The first-order valence-corrected chi connectivity index (χ1v) is 8.54. The molecule has 0 unspecified atom stereocenters. The summed E-state index contributed by atoms with van der Waals surface area (Å²) in [5.74, 6) is -2.66. The molecule has 0 aliphatic carbocycles. The van der Waals surface area contributed by atoms with Gasteiger partial charge in [-0.05, 0) is 11.5 Å². The molecule has 26 heavy (non-hydrogen) atoms. The first-order chi connectivity index (χ1) is 12.3. The van der Waals surface area contributed by atoms with Crippen LogP contribution < -0.4 is 16.4 Å². The summed E-state index contributed by atoms with van der Waals surface area (Å²) in [4.78, 5) is 36.1. The molecule has 0 bridgehead atoms. The molecule has 0 saturated heterocycles. The lowest BCUT2D eigenvalue weighted by Crippen LogP contribution is -2.57. The molecular formula is C18H27N3O5. The van der Waals surface area contributed by atoms with Crippen LogP contribution in [-0.2, 0) is 20.8 Å². The minimum absolute atomic E-state index is 0.124. The van der Waals surface area contributed by atoms with Crippen molar-refractivity contribution < 1.29 is 24.6 Å². The highest BCUT2D eigenvalue weighted by Crippen LogP contribution is 2.10. The van der Waals surface area contributed by atoms with Crippen molar-refractivity contribution in [2.45, 2.75) is 44.8 Å². The van der Waals surface area contributed by atoms with E-state index < -0.39 is 42.5 Å². The lowest BCUT2D eigenvalue weighted by atomic mass is 9.97. The Hall–Kier alpha value is -2.45. The van der Waals surface area contributed by atoms with Gasteiger partial charge < -0.3 is 26.6 Å². The lowest BCUT2D eigenvalue weighted by molar-refractivity contribution is -0.142. The molecular weight excluding hydrogens is 338 g/mol. The van der Waals surface area contributed by atoms with Gasteiger partial charge in [0.15, 0.2) is 0 Å². The molecule has 0 aliphatic rings. The number of carboxylic acid groups (broad SMARTS) is 1. The van der Waals surface area contributed by atoms with Crippen LogP contribution in [0.15, 0.2) is 30.3 Å². The van der Waals surface area contributed by atoms with Crippen LogP contribution in [0, 0.1) is 5.92 Å². The Balaban J connectivity index is 2.87. The smallest absolute Gasteiger partial charge is 0.326 e. The number of benzene rings is 1. The maximum Gasteiger partial charge on any atom is 0.326 e. The van der Waals surface area contributed by atoms with Gasteiger partial charge in [-0.1, -0.05) is 50.6 Å². The van der Waals surface area contributed by atoms with E-state index in [9.17, 15) is 19.5 Å². The van der Waals surface area contributed by atoms with Crippen LogP contribution in [0.3, 0.4) is 0 Å². The number of hydrogen-bond donors (Lipinski definition) is 5. The number of amides is 2. The zero-order valence-corrected chi connectivity index (χ0v) is 15.0. The van der Waals surface area contributed by atoms with Gasteiger partial charge in [-0.15, -0.1) is 0 Å². The third-order valence-corrected chi connectivity index (χ3v) is 4.22. The number of nitrogens with one attached hydrogen (secondary N) is 2. The maximum absolute atomic E-state index is 12.6. The van der Waals surface area contributed by atoms with Crippen molar-refractivity contribution in [2.24, 2.45) is 11.7 Å². The molecule has 0 aromatic heterocycles. The van der Waals surface area contributed by atoms with Gasteiger partial charge in [-0.2, -0.15) is 0 Å². The fourth-order valence-electron chi connectivity index (χ4n) is 2.36. The fraction of sp³-hybridized carbons (Fsp3) is 0.500. The zero-order chi connectivity index (χ0) is 19.7. The number of hydrogen-bond acceptors (Lipinski definition) is 5. The Morgan fingerprint density at radius 2 is 1.73 bits per heavy atom. The summed E-state index contributed by atoms with van der Waals surface area (Å²) in [6.45, 7) is 3.07. The van der Waals surface area contributed by atoms with E-state index in [1.165, 1.54) is 0 Å². The molecule has 2 amide bonds. The molecule has 0 fully saturated rings. The van der Waals surface area contributed by atoms with Crippen molar-refractivity contribution in [1.82, 2.24) is 10.6 Å². The van der Waals surface area contributed by atoms with E-state index in [0.717, 1.165) is 5.56 Å². The number of nitrogens with two attached hydrogens (primary N) is 1. The second-order valence-corrected chi connectivity index (χ2v) is 6.25. The third-order valence-electron chi connectivity index (χ3n) is 4.22. The zero-order valence-electron chi connectivity index (χ0n) is 15.0. The predicted molar refractivity (Wildman–Crippen MR) is 96.2 cm³/mol. The molecule has 1 rings (SSSR count). The summed E-state index contributed by atoms with van der Waals surface area (Å²) in [5.41, 5.74) is 6.24. The summed E-state index contributed by atoms with van der Waals surface area (Å²) < 4.78 is 0. The van der Waals surface area contributed by atoms with Crippen LogP contribution >= 0.6 is 0 Å². The number of aliphatic hydroxyl groups is 1. The average Bonchev–Trinajstić information content (AvgIpc) is 2.64. The quantitative estimate of drug-likeness (QED) is 0.384. The molecule has 0 saturated carbocycles. The van der Waals surface area contributed by atoms with Crippen LogP contribution in [0.25, 0.3) is 0 Å². The van der Waals surface area contributed by atoms with Gasteiger partial charge in [-0.25, -0.2) is 4.79 Å². The van der Waals surface area contributed by atoms with Crippen LogP contribution in [-0.4, -0.2) is 52.7 Å². The van der Waals surface area contributed by atoms with Crippen molar-refractivity contribution in [3.05, 3.63) is 35.9 Å². The van der Waals surface area contributed by atoms with Gasteiger partial charge in [0, 0.05) is 6.42 Å². The highest BCUT2D eigenvalue weighted by Gasteiger charge is 2.30. The van der Waals surface area contributed by atoms with Crippen molar-refractivity contribution in [3.63, 3.8) is 0 Å². The van der Waals surface area contributed by atoms with Crippen molar-refractivity contribution in [3.8, 4) is 0 Å². The van der Waals surface area contributed by atoms with Crippen molar-refractivity contribution >= 4 is 17.8 Å². The summed E-state index contributed by atoms with van der Waals surface area (Å²) in [7, 11) is 0. The van der Waals surface area contributed by atoms with Gasteiger partial charge in [-0.3, -0.25) is 9.59 Å². The predicted octanol–water partition coefficient (Wildman–Crippen LogP) is -0.351. The fourth-order valence-corrected chi connectivity index (χ4v) is 2.36. The van der Waals surface area contributed by atoms with Crippen LogP contribution in [0.5, 0.6) is 0 Å². The number of carbonyl (C=O) groups excluding carboxylic acids is 2. The van der Waals surface area contributed by atoms with Gasteiger partial charge in [0.05, 0.1) is 6.61 Å². The standard InChI is InChI=1S/C18H27N3O5/c1-3-11(2)15(21-16(23)13(19)10-22)17(24)20-14(18(25)26)9-12-7-5-4-6-8-12/h4-8,11,13-15,22H,3,9-10,19H2,1-2H3,(H,20,24)(H,21,23)(H,25,26)/t11-,13-,14-,15-/m0/s1. The molecule has 0 heterocycles. The van der Waals surface area contributed by atoms with E-state index in [1.54, 1.807) is 31.2 Å². The lowest BCUT2D eigenvalue weighted by Gasteiger charge is -2.26. The monoisotopic (exact) mass is 365 g/mol. The summed E-state index contributed by atoms with van der Waals surface area (Å²) >= 11 is 0. The van der Waals surface area contributed by atoms with E-state index in [2.05, 4.69) is 10.6 Å².